The van der Waals surface area contributed by atoms with Gasteiger partial charge < -0.3 is 9.47 Å². The first kappa shape index (κ1) is 21.1. The zero-order valence-electron chi connectivity index (χ0n) is 15.6. The summed E-state index contributed by atoms with van der Waals surface area (Å²) in [5.74, 6) is -0.0154. The number of hydrogen-bond donors (Lipinski definition) is 1. The Hall–Kier alpha value is -2.19. The number of hydrogen-bond acceptors (Lipinski definition) is 4. The van der Waals surface area contributed by atoms with Crippen LogP contribution in [0.25, 0.3) is 0 Å². The van der Waals surface area contributed by atoms with Crippen molar-refractivity contribution in [2.24, 2.45) is 0 Å². The quantitative estimate of drug-likeness (QED) is 0.762. The van der Waals surface area contributed by atoms with E-state index in [9.17, 15) is 17.2 Å². The Kier molecular flexibility index (Phi) is 6.43. The van der Waals surface area contributed by atoms with Gasteiger partial charge in [-0.1, -0.05) is 39.0 Å². The number of sulfonamides is 1. The minimum Gasteiger partial charge on any atom is -0.493 e. The molecule has 2 aromatic rings. The van der Waals surface area contributed by atoms with Gasteiger partial charge in [0.15, 0.2) is 11.5 Å². The number of rotatable bonds is 7. The highest BCUT2D eigenvalue weighted by molar-refractivity contribution is 7.89. The van der Waals surface area contributed by atoms with E-state index in [0.717, 1.165) is 5.56 Å². The first-order chi connectivity index (χ1) is 12.5. The van der Waals surface area contributed by atoms with Crippen molar-refractivity contribution < 1.29 is 26.7 Å². The van der Waals surface area contributed by atoms with Crippen molar-refractivity contribution in [1.29, 1.82) is 0 Å². The second-order valence-corrected chi connectivity index (χ2v) is 8.73. The zero-order valence-corrected chi connectivity index (χ0v) is 16.4. The van der Waals surface area contributed by atoms with Crippen LogP contribution < -0.4 is 14.2 Å². The van der Waals surface area contributed by atoms with Crippen molar-refractivity contribution in [2.45, 2.75) is 44.2 Å². The van der Waals surface area contributed by atoms with E-state index in [-0.39, 0.29) is 28.4 Å². The zero-order chi connectivity index (χ0) is 20.2. The van der Waals surface area contributed by atoms with Gasteiger partial charge >= 0.3 is 6.61 Å². The van der Waals surface area contributed by atoms with Crippen LogP contribution in [-0.2, 0) is 22.0 Å². The van der Waals surface area contributed by atoms with Gasteiger partial charge in [0.1, 0.15) is 0 Å². The molecule has 0 aliphatic rings. The van der Waals surface area contributed by atoms with E-state index in [1.807, 2.05) is 20.8 Å². The third-order valence-corrected chi connectivity index (χ3v) is 5.36. The molecular weight excluding hydrogens is 376 g/mol. The second kappa shape index (κ2) is 8.22. The lowest BCUT2D eigenvalue weighted by Gasteiger charge is -2.19. The van der Waals surface area contributed by atoms with Crippen molar-refractivity contribution >= 4 is 10.0 Å². The Labute approximate surface area is 158 Å². The van der Waals surface area contributed by atoms with Crippen LogP contribution in [0.1, 0.15) is 31.9 Å². The van der Waals surface area contributed by atoms with E-state index < -0.39 is 16.6 Å². The Morgan fingerprint density at radius 1 is 1.04 bits per heavy atom. The summed E-state index contributed by atoms with van der Waals surface area (Å²) in [6.07, 6.45) is 0. The molecule has 5 nitrogen and oxygen atoms in total. The molecule has 2 rings (SSSR count). The molecule has 2 aromatic carbocycles. The third-order valence-electron chi connectivity index (χ3n) is 3.94. The number of alkyl halides is 2. The monoisotopic (exact) mass is 399 g/mol. The lowest BCUT2D eigenvalue weighted by atomic mass is 9.87. The lowest BCUT2D eigenvalue weighted by molar-refractivity contribution is -0.0512. The lowest BCUT2D eigenvalue weighted by Crippen LogP contribution is -2.23. The Balaban J connectivity index is 2.13. The minimum absolute atomic E-state index is 0.0192. The molecule has 148 valence electrons. The average molecular weight is 399 g/mol. The summed E-state index contributed by atoms with van der Waals surface area (Å²) in [6, 6.07) is 10.9. The Morgan fingerprint density at radius 2 is 1.67 bits per heavy atom. The van der Waals surface area contributed by atoms with Gasteiger partial charge in [0.05, 0.1) is 12.0 Å². The van der Waals surface area contributed by atoms with E-state index in [1.165, 1.54) is 25.3 Å². The van der Waals surface area contributed by atoms with Crippen LogP contribution >= 0.6 is 0 Å². The van der Waals surface area contributed by atoms with E-state index in [0.29, 0.717) is 5.56 Å². The summed E-state index contributed by atoms with van der Waals surface area (Å²) >= 11 is 0. The number of methoxy groups -OCH3 is 1. The second-order valence-electron chi connectivity index (χ2n) is 6.96. The minimum atomic E-state index is -3.71. The molecule has 0 radical (unpaired) electrons. The standard InChI is InChI=1S/C19H23F2NO4S/c1-19(2,3)14-6-8-15(9-7-14)27(23,24)22-12-13-5-10-16(26-18(20)21)17(11-13)25-4/h5-11,18,22H,12H2,1-4H3. The van der Waals surface area contributed by atoms with Gasteiger partial charge in [-0.2, -0.15) is 8.78 Å². The normalized spacial score (nSPS) is 12.3. The molecule has 0 amide bonds. The van der Waals surface area contributed by atoms with Crippen LogP contribution in [0, 0.1) is 0 Å². The average Bonchev–Trinajstić information content (AvgIpc) is 2.60. The molecule has 27 heavy (non-hydrogen) atoms. The summed E-state index contributed by atoms with van der Waals surface area (Å²) in [6.45, 7) is 3.14. The van der Waals surface area contributed by atoms with Crippen LogP contribution in [0.15, 0.2) is 47.4 Å². The maximum atomic E-state index is 12.5. The largest absolute Gasteiger partial charge is 0.493 e. The van der Waals surface area contributed by atoms with E-state index in [1.54, 1.807) is 24.3 Å². The van der Waals surface area contributed by atoms with Crippen LogP contribution in [0.3, 0.4) is 0 Å². The fourth-order valence-corrected chi connectivity index (χ4v) is 3.43. The molecule has 0 aliphatic carbocycles. The smallest absolute Gasteiger partial charge is 0.387 e. The predicted octanol–water partition coefficient (Wildman–Crippen LogP) is 4.07. The van der Waals surface area contributed by atoms with Gasteiger partial charge in [0.25, 0.3) is 0 Å². The van der Waals surface area contributed by atoms with Crippen molar-refractivity contribution in [1.82, 2.24) is 4.72 Å². The summed E-state index contributed by atoms with van der Waals surface area (Å²) in [5, 5.41) is 0. The molecule has 0 fully saturated rings. The van der Waals surface area contributed by atoms with Gasteiger partial charge in [0.2, 0.25) is 10.0 Å². The molecule has 0 saturated carbocycles. The molecular formula is C19H23F2NO4S. The van der Waals surface area contributed by atoms with E-state index in [2.05, 4.69) is 9.46 Å². The maximum Gasteiger partial charge on any atom is 0.387 e. The first-order valence-electron chi connectivity index (χ1n) is 8.25. The topological polar surface area (TPSA) is 64.6 Å². The van der Waals surface area contributed by atoms with Crippen LogP contribution in [0.2, 0.25) is 0 Å². The van der Waals surface area contributed by atoms with Crippen molar-refractivity contribution in [3.8, 4) is 11.5 Å². The Morgan fingerprint density at radius 3 is 2.19 bits per heavy atom. The molecule has 1 N–H and O–H groups in total. The molecule has 8 heteroatoms. The highest BCUT2D eigenvalue weighted by Gasteiger charge is 2.18. The van der Waals surface area contributed by atoms with Crippen LogP contribution in [0.5, 0.6) is 11.5 Å². The summed E-state index contributed by atoms with van der Waals surface area (Å²) in [4.78, 5) is 0.153. The molecule has 0 atom stereocenters. The molecule has 0 heterocycles. The number of nitrogens with one attached hydrogen (secondary N) is 1. The first-order valence-corrected chi connectivity index (χ1v) is 9.73. The van der Waals surface area contributed by atoms with Crippen molar-refractivity contribution in [2.75, 3.05) is 7.11 Å². The van der Waals surface area contributed by atoms with E-state index in [4.69, 9.17) is 4.74 Å². The fraction of sp³-hybridized carbons (Fsp3) is 0.368. The molecule has 0 unspecified atom stereocenters. The van der Waals surface area contributed by atoms with Gasteiger partial charge in [-0.25, -0.2) is 13.1 Å². The predicted molar refractivity (Wildman–Crippen MR) is 98.8 cm³/mol. The number of halogens is 2. The van der Waals surface area contributed by atoms with Gasteiger partial charge in [-0.05, 0) is 40.8 Å². The van der Waals surface area contributed by atoms with Crippen molar-refractivity contribution in [3.05, 3.63) is 53.6 Å². The van der Waals surface area contributed by atoms with Crippen molar-refractivity contribution in [3.63, 3.8) is 0 Å². The van der Waals surface area contributed by atoms with Crippen LogP contribution in [-0.4, -0.2) is 22.1 Å². The van der Waals surface area contributed by atoms with Crippen LogP contribution in [0.4, 0.5) is 8.78 Å². The Bertz CT molecular complexity index is 876. The SMILES string of the molecule is COc1cc(CNS(=O)(=O)c2ccc(C(C)(C)C)cc2)ccc1OC(F)F. The molecule has 0 bridgehead atoms. The fourth-order valence-electron chi connectivity index (χ4n) is 2.41. The summed E-state index contributed by atoms with van der Waals surface area (Å²) in [7, 11) is -2.39. The van der Waals surface area contributed by atoms with Gasteiger partial charge in [-0.15, -0.1) is 0 Å². The molecule has 0 aliphatic heterocycles. The maximum absolute atomic E-state index is 12.5. The molecule has 0 aromatic heterocycles. The summed E-state index contributed by atoms with van der Waals surface area (Å²) in [5.41, 5.74) is 1.50. The highest BCUT2D eigenvalue weighted by atomic mass is 32.2. The summed E-state index contributed by atoms with van der Waals surface area (Å²) < 4.78 is 61.5. The van der Waals surface area contributed by atoms with E-state index >= 15 is 0 Å². The third kappa shape index (κ3) is 5.64. The highest BCUT2D eigenvalue weighted by Crippen LogP contribution is 2.29. The number of benzene rings is 2. The molecule has 0 saturated heterocycles. The van der Waals surface area contributed by atoms with Gasteiger partial charge in [0, 0.05) is 6.54 Å². The number of ether oxygens (including phenoxy) is 2. The van der Waals surface area contributed by atoms with Gasteiger partial charge in [-0.3, -0.25) is 0 Å². The molecule has 0 spiro atoms.